The summed E-state index contributed by atoms with van der Waals surface area (Å²) < 4.78 is 60.8. The number of alkyl carbamates (subject to hydrolysis) is 1. The predicted octanol–water partition coefficient (Wildman–Crippen LogP) is 5.66. The highest BCUT2D eigenvalue weighted by Gasteiger charge is 2.28. The molecular formula is C42H67NO12. The number of carbonyl (C=O) groups is 1. The number of hydrogen-bond donors (Lipinski definition) is 1. The van der Waals surface area contributed by atoms with Crippen LogP contribution in [0.3, 0.4) is 0 Å². The molecule has 0 spiro atoms. The van der Waals surface area contributed by atoms with Crippen LogP contribution in [-0.2, 0) is 52.1 Å². The molecule has 1 aliphatic rings. The van der Waals surface area contributed by atoms with Crippen LogP contribution in [-0.4, -0.2) is 151 Å². The molecule has 55 heavy (non-hydrogen) atoms. The van der Waals surface area contributed by atoms with Crippen LogP contribution in [0.2, 0.25) is 0 Å². The molecule has 0 saturated heterocycles. The lowest BCUT2D eigenvalue weighted by atomic mass is 9.98. The fourth-order valence-electron chi connectivity index (χ4n) is 5.73. The Balaban J connectivity index is 0.941. The van der Waals surface area contributed by atoms with E-state index in [-0.39, 0.29) is 5.92 Å². The molecule has 1 amide bonds. The van der Waals surface area contributed by atoms with Crippen molar-refractivity contribution in [2.75, 3.05) is 145 Å². The van der Waals surface area contributed by atoms with Crippen LogP contribution in [0.5, 0.6) is 0 Å². The van der Waals surface area contributed by atoms with Gasteiger partial charge in [-0.15, -0.1) is 0 Å². The summed E-state index contributed by atoms with van der Waals surface area (Å²) in [6.07, 6.45) is 5.16. The van der Waals surface area contributed by atoms with Gasteiger partial charge in [-0.05, 0) is 35.1 Å². The molecule has 13 heteroatoms. The molecule has 312 valence electrons. The molecule has 0 fully saturated rings. The van der Waals surface area contributed by atoms with Crippen molar-refractivity contribution < 1.29 is 56.9 Å². The number of amides is 1. The lowest BCUT2D eigenvalue weighted by Crippen LogP contribution is -2.27. The number of hydrogen-bond acceptors (Lipinski definition) is 12. The molecule has 0 atom stereocenters. The van der Waals surface area contributed by atoms with Crippen LogP contribution in [0, 0.1) is 0 Å². The van der Waals surface area contributed by atoms with Gasteiger partial charge in [-0.1, -0.05) is 74.7 Å². The number of benzene rings is 2. The average molecular weight is 778 g/mol. The van der Waals surface area contributed by atoms with Gasteiger partial charge in [-0.3, -0.25) is 0 Å². The minimum Gasteiger partial charge on any atom is -0.449 e. The molecular weight excluding hydrogens is 710 g/mol. The highest BCUT2D eigenvalue weighted by atomic mass is 16.6. The monoisotopic (exact) mass is 777 g/mol. The quantitative estimate of drug-likeness (QED) is 0.0845. The van der Waals surface area contributed by atoms with E-state index in [9.17, 15) is 4.79 Å². The smallest absolute Gasteiger partial charge is 0.407 e. The molecule has 0 unspecified atom stereocenters. The van der Waals surface area contributed by atoms with E-state index in [1.54, 1.807) is 0 Å². The van der Waals surface area contributed by atoms with Gasteiger partial charge in [0.2, 0.25) is 0 Å². The summed E-state index contributed by atoms with van der Waals surface area (Å²) in [7, 11) is 0. The van der Waals surface area contributed by atoms with Gasteiger partial charge in [0.15, 0.2) is 0 Å². The minimum absolute atomic E-state index is 0.0513. The first kappa shape index (κ1) is 46.7. The fourth-order valence-corrected chi connectivity index (χ4v) is 5.73. The molecule has 0 aromatic heterocycles. The Morgan fingerprint density at radius 1 is 0.455 bits per heavy atom. The Labute approximate surface area is 328 Å². The first-order valence-electron chi connectivity index (χ1n) is 20.2. The fraction of sp³-hybridized carbons (Fsp3) is 0.690. The second-order valence-electron chi connectivity index (χ2n) is 12.8. The molecule has 2 aromatic rings. The van der Waals surface area contributed by atoms with Crippen molar-refractivity contribution in [3.05, 3.63) is 59.7 Å². The summed E-state index contributed by atoms with van der Waals surface area (Å²) in [6.45, 7) is 13.7. The van der Waals surface area contributed by atoms with E-state index >= 15 is 0 Å². The number of ether oxygens (including phenoxy) is 11. The molecule has 0 radical (unpaired) electrons. The Kier molecular flexibility index (Phi) is 28.4. The maximum absolute atomic E-state index is 12.3. The molecule has 0 heterocycles. The van der Waals surface area contributed by atoms with Crippen molar-refractivity contribution in [3.8, 4) is 11.1 Å². The normalized spacial score (nSPS) is 12.2. The zero-order chi connectivity index (χ0) is 38.7. The number of nitrogens with one attached hydrogen (secondary N) is 1. The second kappa shape index (κ2) is 33.4. The SMILES string of the molecule is CCCCCCOCCOCCOCCOCCOCCOCCOCCOCCOCCOCCCNC(=O)OCC1c2ccccc2-c2ccccc21. The van der Waals surface area contributed by atoms with E-state index in [1.165, 1.54) is 41.5 Å². The molecule has 2 aromatic carbocycles. The summed E-state index contributed by atoms with van der Waals surface area (Å²) in [5, 5.41) is 2.81. The zero-order valence-electron chi connectivity index (χ0n) is 33.2. The van der Waals surface area contributed by atoms with Gasteiger partial charge in [-0.25, -0.2) is 4.79 Å². The number of carbonyl (C=O) groups excluding carboxylic acids is 1. The lowest BCUT2D eigenvalue weighted by Gasteiger charge is -2.14. The van der Waals surface area contributed by atoms with Crippen molar-refractivity contribution >= 4 is 6.09 Å². The summed E-state index contributed by atoms with van der Waals surface area (Å²) in [5.74, 6) is 0.0513. The summed E-state index contributed by atoms with van der Waals surface area (Å²) in [6, 6.07) is 16.6. The van der Waals surface area contributed by atoms with Crippen LogP contribution in [0.15, 0.2) is 48.5 Å². The Morgan fingerprint density at radius 3 is 1.18 bits per heavy atom. The van der Waals surface area contributed by atoms with Gasteiger partial charge < -0.3 is 57.4 Å². The van der Waals surface area contributed by atoms with E-state index < -0.39 is 6.09 Å². The van der Waals surface area contributed by atoms with Crippen LogP contribution in [0.4, 0.5) is 4.79 Å². The first-order valence-corrected chi connectivity index (χ1v) is 20.2. The molecule has 0 saturated carbocycles. The number of fused-ring (bicyclic) bond motifs is 3. The largest absolute Gasteiger partial charge is 0.449 e. The van der Waals surface area contributed by atoms with Gasteiger partial charge in [0.1, 0.15) is 6.61 Å². The Bertz CT molecular complexity index is 1160. The maximum atomic E-state index is 12.3. The summed E-state index contributed by atoms with van der Waals surface area (Å²) in [5.41, 5.74) is 4.81. The molecule has 1 aliphatic carbocycles. The standard InChI is InChI=1S/C42H67NO12/c1-2-3-4-9-16-45-18-20-47-22-24-49-26-28-51-30-32-53-34-35-54-33-31-52-29-27-50-25-23-48-21-19-46-17-10-15-43-42(44)55-36-41-39-13-7-5-11-37(39)38-12-6-8-14-40(38)41/h5-8,11-14,41H,2-4,9-10,15-36H2,1H3,(H,43,44). The van der Waals surface area contributed by atoms with E-state index in [1.807, 2.05) is 24.3 Å². The first-order chi connectivity index (χ1) is 27.3. The van der Waals surface area contributed by atoms with Crippen LogP contribution < -0.4 is 5.32 Å². The third-order valence-corrected chi connectivity index (χ3v) is 8.57. The molecule has 13 nitrogen and oxygen atoms in total. The second-order valence-corrected chi connectivity index (χ2v) is 12.8. The lowest BCUT2D eigenvalue weighted by molar-refractivity contribution is -0.0264. The summed E-state index contributed by atoms with van der Waals surface area (Å²) in [4.78, 5) is 12.3. The highest BCUT2D eigenvalue weighted by molar-refractivity contribution is 5.79. The van der Waals surface area contributed by atoms with Crippen molar-refractivity contribution in [3.63, 3.8) is 0 Å². The van der Waals surface area contributed by atoms with E-state index in [2.05, 4.69) is 36.5 Å². The van der Waals surface area contributed by atoms with Crippen LogP contribution in [0.25, 0.3) is 11.1 Å². The average Bonchev–Trinajstić information content (AvgIpc) is 3.53. The van der Waals surface area contributed by atoms with Gasteiger partial charge >= 0.3 is 6.09 Å². The van der Waals surface area contributed by atoms with E-state index in [0.29, 0.717) is 145 Å². The van der Waals surface area contributed by atoms with E-state index in [4.69, 9.17) is 52.1 Å². The Hall–Kier alpha value is -2.69. The van der Waals surface area contributed by atoms with Gasteiger partial charge in [-0.2, -0.15) is 0 Å². The van der Waals surface area contributed by atoms with Crippen LogP contribution in [0.1, 0.15) is 56.1 Å². The van der Waals surface area contributed by atoms with E-state index in [0.717, 1.165) is 13.0 Å². The van der Waals surface area contributed by atoms with Crippen molar-refractivity contribution in [1.29, 1.82) is 0 Å². The third-order valence-electron chi connectivity index (χ3n) is 8.57. The maximum Gasteiger partial charge on any atom is 0.407 e. The number of rotatable bonds is 38. The Morgan fingerprint density at radius 2 is 0.800 bits per heavy atom. The third kappa shape index (κ3) is 22.6. The van der Waals surface area contributed by atoms with Crippen molar-refractivity contribution in [1.82, 2.24) is 5.32 Å². The van der Waals surface area contributed by atoms with Gasteiger partial charge in [0.25, 0.3) is 0 Å². The summed E-state index contributed by atoms with van der Waals surface area (Å²) >= 11 is 0. The van der Waals surface area contributed by atoms with Gasteiger partial charge in [0.05, 0.1) is 119 Å². The highest BCUT2D eigenvalue weighted by Crippen LogP contribution is 2.44. The molecule has 0 bridgehead atoms. The van der Waals surface area contributed by atoms with Crippen molar-refractivity contribution in [2.45, 2.75) is 44.9 Å². The molecule has 0 aliphatic heterocycles. The van der Waals surface area contributed by atoms with Gasteiger partial charge in [0, 0.05) is 25.7 Å². The van der Waals surface area contributed by atoms with Crippen LogP contribution >= 0.6 is 0 Å². The topological polar surface area (TPSA) is 131 Å². The predicted molar refractivity (Wildman–Crippen MR) is 210 cm³/mol. The molecule has 3 rings (SSSR count). The minimum atomic E-state index is -0.413. The zero-order valence-corrected chi connectivity index (χ0v) is 33.2. The molecule has 1 N–H and O–H groups in total. The number of unbranched alkanes of at least 4 members (excludes halogenated alkanes) is 3. The van der Waals surface area contributed by atoms with Crippen molar-refractivity contribution in [2.24, 2.45) is 0 Å².